The van der Waals surface area contributed by atoms with E-state index in [1.165, 1.54) is 5.56 Å². The molecule has 2 atom stereocenters. The van der Waals surface area contributed by atoms with Crippen LogP contribution in [0.1, 0.15) is 47.6 Å². The number of nitrogens with one attached hydrogen (secondary N) is 1. The Morgan fingerprint density at radius 2 is 2.04 bits per heavy atom. The molecule has 2 unspecified atom stereocenters. The molecule has 3 N–H and O–H groups in total. The van der Waals surface area contributed by atoms with E-state index in [2.05, 4.69) is 52.5 Å². The van der Waals surface area contributed by atoms with E-state index >= 15 is 0 Å². The Bertz CT molecular complexity index is 791. The quantitative estimate of drug-likeness (QED) is 0.377. The van der Waals surface area contributed by atoms with Crippen molar-refractivity contribution in [3.63, 3.8) is 0 Å². The molecule has 1 aromatic heterocycles. The van der Waals surface area contributed by atoms with Crippen molar-refractivity contribution in [3.05, 3.63) is 59.5 Å². The molecule has 1 aromatic carbocycles. The number of aliphatic imine (C=N–C) groups is 1. The van der Waals surface area contributed by atoms with Gasteiger partial charge in [0, 0.05) is 20.1 Å². The third-order valence-corrected chi connectivity index (χ3v) is 5.32. The molecule has 2 aromatic rings. The summed E-state index contributed by atoms with van der Waals surface area (Å²) in [5.41, 5.74) is 6.66. The minimum absolute atomic E-state index is 0. The van der Waals surface area contributed by atoms with E-state index in [-0.39, 0.29) is 29.7 Å². The van der Waals surface area contributed by atoms with Gasteiger partial charge in [-0.2, -0.15) is 0 Å². The molecule has 0 saturated carbocycles. The van der Waals surface area contributed by atoms with E-state index in [0.717, 1.165) is 31.9 Å². The van der Waals surface area contributed by atoms with Gasteiger partial charge in [-0.15, -0.1) is 24.0 Å². The highest BCUT2D eigenvalue weighted by Gasteiger charge is 2.30. The molecule has 2 heterocycles. The van der Waals surface area contributed by atoms with Crippen LogP contribution in [-0.4, -0.2) is 36.9 Å². The first-order valence-electron chi connectivity index (χ1n) is 9.51. The van der Waals surface area contributed by atoms with Crippen molar-refractivity contribution in [2.24, 2.45) is 16.6 Å². The van der Waals surface area contributed by atoms with Crippen LogP contribution >= 0.6 is 24.0 Å². The van der Waals surface area contributed by atoms with Crippen molar-refractivity contribution in [1.29, 1.82) is 0 Å². The van der Waals surface area contributed by atoms with Crippen molar-refractivity contribution in [1.82, 2.24) is 10.2 Å². The molecule has 0 radical (unpaired) electrons. The van der Waals surface area contributed by atoms with Gasteiger partial charge in [0.05, 0.1) is 6.54 Å². The summed E-state index contributed by atoms with van der Waals surface area (Å²) >= 11 is 0. The fourth-order valence-electron chi connectivity index (χ4n) is 3.88. The number of halogens is 1. The van der Waals surface area contributed by atoms with Crippen LogP contribution in [0.25, 0.3) is 0 Å². The minimum Gasteiger partial charge on any atom is -0.454 e. The Morgan fingerprint density at radius 1 is 1.29 bits per heavy atom. The van der Waals surface area contributed by atoms with E-state index in [1.807, 2.05) is 0 Å². The van der Waals surface area contributed by atoms with Crippen LogP contribution in [0.15, 0.2) is 51.9 Å². The number of furan rings is 1. The standard InChI is InChI=1S/C21H28N4O2.HI/c1-3-15-14-25(12-11-18(15)16-7-5-4-6-8-16)21(23-2)24-13-17-9-10-19(27-17)20(22)26;/h4-10,15,18H,3,11-14H2,1-2H3,(H2,22,26)(H,23,24);1H. The van der Waals surface area contributed by atoms with Gasteiger partial charge in [0.1, 0.15) is 5.76 Å². The van der Waals surface area contributed by atoms with Crippen LogP contribution in [-0.2, 0) is 6.54 Å². The van der Waals surface area contributed by atoms with Gasteiger partial charge >= 0.3 is 0 Å². The van der Waals surface area contributed by atoms with Gasteiger partial charge in [-0.3, -0.25) is 9.79 Å². The number of carbonyl (C=O) groups excluding carboxylic acids is 1. The number of carbonyl (C=O) groups is 1. The van der Waals surface area contributed by atoms with Crippen LogP contribution in [0.5, 0.6) is 0 Å². The van der Waals surface area contributed by atoms with Gasteiger partial charge in [0.2, 0.25) is 0 Å². The predicted octanol–water partition coefficient (Wildman–Crippen LogP) is 3.59. The van der Waals surface area contributed by atoms with Crippen molar-refractivity contribution in [2.75, 3.05) is 20.1 Å². The maximum Gasteiger partial charge on any atom is 0.284 e. The van der Waals surface area contributed by atoms with Crippen molar-refractivity contribution >= 4 is 35.8 Å². The lowest BCUT2D eigenvalue weighted by Gasteiger charge is -2.40. The first-order valence-corrected chi connectivity index (χ1v) is 9.51. The highest BCUT2D eigenvalue weighted by molar-refractivity contribution is 14.0. The largest absolute Gasteiger partial charge is 0.454 e. The molecule has 1 amide bonds. The summed E-state index contributed by atoms with van der Waals surface area (Å²) in [7, 11) is 1.80. The third-order valence-electron chi connectivity index (χ3n) is 5.32. The summed E-state index contributed by atoms with van der Waals surface area (Å²) in [6.45, 7) is 4.66. The molecule has 0 spiro atoms. The number of piperidine rings is 1. The molecular weight excluding hydrogens is 467 g/mol. The fraction of sp³-hybridized carbons (Fsp3) is 0.429. The second kappa shape index (κ2) is 10.5. The Hall–Kier alpha value is -2.03. The zero-order chi connectivity index (χ0) is 19.2. The van der Waals surface area contributed by atoms with E-state index in [1.54, 1.807) is 19.2 Å². The number of likely N-dealkylation sites (tertiary alicyclic amines) is 1. The van der Waals surface area contributed by atoms with Gasteiger partial charge in [-0.25, -0.2) is 0 Å². The lowest BCUT2D eigenvalue weighted by molar-refractivity contribution is 0.0972. The maximum absolute atomic E-state index is 11.1. The number of amides is 1. The van der Waals surface area contributed by atoms with Crippen LogP contribution in [0.4, 0.5) is 0 Å². The molecule has 1 aliphatic rings. The summed E-state index contributed by atoms with van der Waals surface area (Å²) in [5, 5.41) is 3.34. The SMILES string of the molecule is CCC1CN(C(=NC)NCc2ccc(C(N)=O)o2)CCC1c1ccccc1.I. The average Bonchev–Trinajstić information content (AvgIpc) is 3.18. The van der Waals surface area contributed by atoms with E-state index < -0.39 is 5.91 Å². The van der Waals surface area contributed by atoms with Gasteiger partial charge in [-0.05, 0) is 36.0 Å². The highest BCUT2D eigenvalue weighted by atomic mass is 127. The Morgan fingerprint density at radius 3 is 2.64 bits per heavy atom. The second-order valence-electron chi connectivity index (χ2n) is 6.95. The average molecular weight is 496 g/mol. The smallest absolute Gasteiger partial charge is 0.284 e. The van der Waals surface area contributed by atoms with Crippen LogP contribution < -0.4 is 11.1 Å². The van der Waals surface area contributed by atoms with Crippen molar-refractivity contribution < 1.29 is 9.21 Å². The molecule has 28 heavy (non-hydrogen) atoms. The van der Waals surface area contributed by atoms with Gasteiger partial charge in [0.25, 0.3) is 5.91 Å². The number of hydrogen-bond donors (Lipinski definition) is 2. The van der Waals surface area contributed by atoms with Crippen LogP contribution in [0.3, 0.4) is 0 Å². The molecule has 152 valence electrons. The Labute approximate surface area is 183 Å². The molecule has 1 saturated heterocycles. The molecule has 0 aliphatic carbocycles. The molecule has 3 rings (SSSR count). The summed E-state index contributed by atoms with van der Waals surface area (Å²) < 4.78 is 5.43. The number of primary amides is 1. The van der Waals surface area contributed by atoms with Crippen molar-refractivity contribution in [2.45, 2.75) is 32.2 Å². The molecule has 1 aliphatic heterocycles. The normalized spacial score (nSPS) is 19.8. The number of rotatable bonds is 5. The number of nitrogens with zero attached hydrogens (tertiary/aromatic N) is 2. The highest BCUT2D eigenvalue weighted by Crippen LogP contribution is 2.34. The number of guanidine groups is 1. The lowest BCUT2D eigenvalue weighted by Crippen LogP contribution is -2.48. The molecule has 6 nitrogen and oxygen atoms in total. The Balaban J connectivity index is 0.00000280. The summed E-state index contributed by atoms with van der Waals surface area (Å²) in [5.74, 6) is 2.32. The van der Waals surface area contributed by atoms with Gasteiger partial charge in [0.15, 0.2) is 11.7 Å². The number of benzene rings is 1. The first kappa shape index (κ1) is 22.3. The van der Waals surface area contributed by atoms with Crippen molar-refractivity contribution in [3.8, 4) is 0 Å². The maximum atomic E-state index is 11.1. The predicted molar refractivity (Wildman–Crippen MR) is 122 cm³/mol. The van der Waals surface area contributed by atoms with E-state index in [0.29, 0.717) is 24.1 Å². The minimum atomic E-state index is -0.556. The van der Waals surface area contributed by atoms with Crippen LogP contribution in [0.2, 0.25) is 0 Å². The molecular formula is C21H29IN4O2. The van der Waals surface area contributed by atoms with Gasteiger partial charge in [-0.1, -0.05) is 43.7 Å². The van der Waals surface area contributed by atoms with E-state index in [4.69, 9.17) is 10.2 Å². The number of hydrogen-bond acceptors (Lipinski definition) is 3. The molecule has 7 heteroatoms. The zero-order valence-corrected chi connectivity index (χ0v) is 18.8. The number of nitrogens with two attached hydrogens (primary N) is 1. The summed E-state index contributed by atoms with van der Waals surface area (Å²) in [4.78, 5) is 17.9. The molecule has 1 fully saturated rings. The topological polar surface area (TPSA) is 83.9 Å². The second-order valence-corrected chi connectivity index (χ2v) is 6.95. The van der Waals surface area contributed by atoms with E-state index in [9.17, 15) is 4.79 Å². The zero-order valence-electron chi connectivity index (χ0n) is 16.4. The monoisotopic (exact) mass is 496 g/mol. The lowest BCUT2D eigenvalue weighted by atomic mass is 9.79. The molecule has 0 bridgehead atoms. The summed E-state index contributed by atoms with van der Waals surface area (Å²) in [6.07, 6.45) is 2.24. The van der Waals surface area contributed by atoms with Crippen LogP contribution in [0, 0.1) is 5.92 Å². The van der Waals surface area contributed by atoms with Gasteiger partial charge < -0.3 is 20.4 Å². The Kier molecular flexibility index (Phi) is 8.35. The fourth-order valence-corrected chi connectivity index (χ4v) is 3.88. The summed E-state index contributed by atoms with van der Waals surface area (Å²) in [6, 6.07) is 14.2. The first-order chi connectivity index (χ1) is 13.1. The third kappa shape index (κ3) is 5.27.